The van der Waals surface area contributed by atoms with Crippen LogP contribution >= 0.6 is 34.8 Å². The standard InChI is InChI=1S/C4H3Cl3N2O/c5-2(8)1(3(6)9)4(7)10/h8H,9H2/b3-1+,8-2?. The summed E-state index contributed by atoms with van der Waals surface area (Å²) >= 11 is 15.2. The maximum absolute atomic E-state index is 10.3. The summed E-state index contributed by atoms with van der Waals surface area (Å²) in [5.74, 6) is 0. The summed E-state index contributed by atoms with van der Waals surface area (Å²) in [5, 5.41) is 4.88. The van der Waals surface area contributed by atoms with E-state index in [0.29, 0.717) is 0 Å². The lowest BCUT2D eigenvalue weighted by Gasteiger charge is -1.95. The van der Waals surface area contributed by atoms with E-state index in [1.54, 1.807) is 0 Å². The van der Waals surface area contributed by atoms with Gasteiger partial charge >= 0.3 is 0 Å². The van der Waals surface area contributed by atoms with E-state index in [1.807, 2.05) is 0 Å². The van der Waals surface area contributed by atoms with Gasteiger partial charge in [0.25, 0.3) is 5.24 Å². The Morgan fingerprint density at radius 1 is 1.30 bits per heavy atom. The Balaban J connectivity index is 4.79. The van der Waals surface area contributed by atoms with Crippen LogP contribution in [0.15, 0.2) is 10.7 Å². The lowest BCUT2D eigenvalue weighted by Crippen LogP contribution is -2.07. The highest BCUT2D eigenvalue weighted by Gasteiger charge is 2.13. The molecule has 0 aliphatic rings. The van der Waals surface area contributed by atoms with Gasteiger partial charge in [0.1, 0.15) is 15.9 Å². The highest BCUT2D eigenvalue weighted by Crippen LogP contribution is 2.10. The van der Waals surface area contributed by atoms with Crippen LogP contribution in [-0.2, 0) is 4.79 Å². The van der Waals surface area contributed by atoms with E-state index in [4.69, 9.17) is 45.9 Å². The smallest absolute Gasteiger partial charge is 0.258 e. The maximum atomic E-state index is 10.3. The topological polar surface area (TPSA) is 66.9 Å². The predicted molar refractivity (Wildman–Crippen MR) is 41.5 cm³/mol. The van der Waals surface area contributed by atoms with Crippen molar-refractivity contribution in [1.29, 1.82) is 5.41 Å². The lowest BCUT2D eigenvalue weighted by molar-refractivity contribution is -0.108. The lowest BCUT2D eigenvalue weighted by atomic mass is 10.3. The number of nitrogens with one attached hydrogen (secondary N) is 1. The van der Waals surface area contributed by atoms with Gasteiger partial charge < -0.3 is 5.73 Å². The second-order valence-electron chi connectivity index (χ2n) is 1.31. The van der Waals surface area contributed by atoms with Crippen molar-refractivity contribution in [2.45, 2.75) is 0 Å². The Bertz CT molecular complexity index is 191. The van der Waals surface area contributed by atoms with Gasteiger partial charge in [0, 0.05) is 0 Å². The molecule has 0 radical (unpaired) electrons. The van der Waals surface area contributed by atoms with Crippen molar-refractivity contribution in [3.63, 3.8) is 0 Å². The molecule has 0 aliphatic heterocycles. The number of hydrogen-bond acceptors (Lipinski definition) is 3. The molecule has 10 heavy (non-hydrogen) atoms. The van der Waals surface area contributed by atoms with Crippen molar-refractivity contribution in [2.24, 2.45) is 5.73 Å². The van der Waals surface area contributed by atoms with E-state index in [2.05, 4.69) is 0 Å². The van der Waals surface area contributed by atoms with Gasteiger partial charge in [-0.05, 0) is 11.6 Å². The summed E-state index contributed by atoms with van der Waals surface area (Å²) in [6.07, 6.45) is 0. The Kier molecular flexibility index (Phi) is 3.71. The van der Waals surface area contributed by atoms with Gasteiger partial charge in [-0.1, -0.05) is 23.2 Å². The molecular weight excluding hydrogens is 198 g/mol. The number of carbonyl (C=O) groups excluding carboxylic acids is 1. The molecule has 0 heterocycles. The zero-order valence-corrected chi connectivity index (χ0v) is 6.89. The van der Waals surface area contributed by atoms with E-state index in [-0.39, 0.29) is 10.7 Å². The molecule has 0 aromatic heterocycles. The fourth-order valence-electron chi connectivity index (χ4n) is 0.285. The first kappa shape index (κ1) is 9.75. The third-order valence-electron chi connectivity index (χ3n) is 0.655. The van der Waals surface area contributed by atoms with Crippen LogP contribution in [0.3, 0.4) is 0 Å². The van der Waals surface area contributed by atoms with Crippen LogP contribution in [0, 0.1) is 5.41 Å². The predicted octanol–water partition coefficient (Wildman–Crippen LogP) is 1.38. The zero-order chi connectivity index (χ0) is 8.31. The molecule has 56 valence electrons. The van der Waals surface area contributed by atoms with E-state index in [9.17, 15) is 4.79 Å². The average molecular weight is 201 g/mol. The second-order valence-corrected chi connectivity index (χ2v) is 2.44. The molecule has 0 bridgehead atoms. The molecule has 0 fully saturated rings. The molecule has 0 saturated heterocycles. The van der Waals surface area contributed by atoms with Crippen LogP contribution in [0.25, 0.3) is 0 Å². The molecule has 0 aromatic carbocycles. The van der Waals surface area contributed by atoms with Gasteiger partial charge in [-0.25, -0.2) is 0 Å². The van der Waals surface area contributed by atoms with E-state index >= 15 is 0 Å². The Morgan fingerprint density at radius 2 is 1.70 bits per heavy atom. The Hall–Kier alpha value is -0.250. The summed E-state index contributed by atoms with van der Waals surface area (Å²) in [5.41, 5.74) is 4.58. The number of nitrogens with two attached hydrogens (primary N) is 1. The molecule has 0 aliphatic carbocycles. The summed E-state index contributed by atoms with van der Waals surface area (Å²) in [7, 11) is 0. The van der Waals surface area contributed by atoms with Crippen molar-refractivity contribution in [2.75, 3.05) is 0 Å². The fourth-order valence-corrected chi connectivity index (χ4v) is 0.994. The van der Waals surface area contributed by atoms with Crippen LogP contribution in [0.5, 0.6) is 0 Å². The second kappa shape index (κ2) is 3.81. The normalized spacial score (nSPS) is 12.3. The molecule has 3 nitrogen and oxygen atoms in total. The van der Waals surface area contributed by atoms with Crippen LogP contribution in [0.4, 0.5) is 0 Å². The van der Waals surface area contributed by atoms with Crippen molar-refractivity contribution in [3.8, 4) is 0 Å². The first-order chi connectivity index (χ1) is 4.46. The SMILES string of the molecule is N=C(Cl)/C(C(=O)Cl)=C(\N)Cl. The minimum atomic E-state index is -0.937. The van der Waals surface area contributed by atoms with Crippen LogP contribution in [0.2, 0.25) is 0 Å². The molecule has 0 amide bonds. The van der Waals surface area contributed by atoms with Crippen molar-refractivity contribution in [3.05, 3.63) is 10.7 Å². The summed E-state index contributed by atoms with van der Waals surface area (Å²) < 4.78 is 0. The Labute approximate surface area is 72.2 Å². The highest BCUT2D eigenvalue weighted by molar-refractivity contribution is 6.81. The maximum Gasteiger partial charge on any atom is 0.258 e. The third-order valence-corrected chi connectivity index (χ3v) is 1.22. The fraction of sp³-hybridized carbons (Fsp3) is 0. The third kappa shape index (κ3) is 2.56. The number of hydrogen-bond donors (Lipinski definition) is 2. The Morgan fingerprint density at radius 3 is 1.70 bits per heavy atom. The van der Waals surface area contributed by atoms with Gasteiger partial charge in [0.15, 0.2) is 0 Å². The first-order valence-electron chi connectivity index (χ1n) is 2.06. The van der Waals surface area contributed by atoms with Crippen molar-refractivity contribution < 1.29 is 4.79 Å². The minimum absolute atomic E-state index is 0.370. The first-order valence-corrected chi connectivity index (χ1v) is 3.19. The molecule has 0 unspecified atom stereocenters. The molecule has 0 rings (SSSR count). The molecule has 6 heteroatoms. The van der Waals surface area contributed by atoms with Crippen LogP contribution in [-0.4, -0.2) is 10.4 Å². The van der Waals surface area contributed by atoms with Crippen molar-refractivity contribution in [1.82, 2.24) is 0 Å². The summed E-state index contributed by atoms with van der Waals surface area (Å²) in [4.78, 5) is 10.3. The number of allylic oxidation sites excluding steroid dienone is 1. The highest BCUT2D eigenvalue weighted by atomic mass is 35.5. The van der Waals surface area contributed by atoms with Gasteiger partial charge in [0.2, 0.25) is 0 Å². The summed E-state index contributed by atoms with van der Waals surface area (Å²) in [6.45, 7) is 0. The number of halogens is 3. The quantitative estimate of drug-likeness (QED) is 0.307. The molecular formula is C4H3Cl3N2O. The van der Waals surface area contributed by atoms with Crippen LogP contribution in [0.1, 0.15) is 0 Å². The molecule has 0 spiro atoms. The molecule has 0 saturated carbocycles. The van der Waals surface area contributed by atoms with E-state index in [0.717, 1.165) is 0 Å². The average Bonchev–Trinajstić information content (AvgIpc) is 1.59. The van der Waals surface area contributed by atoms with E-state index < -0.39 is 10.4 Å². The van der Waals surface area contributed by atoms with E-state index in [1.165, 1.54) is 0 Å². The molecule has 0 atom stereocenters. The molecule has 0 aromatic rings. The minimum Gasteiger partial charge on any atom is -0.389 e. The summed E-state index contributed by atoms with van der Waals surface area (Å²) in [6, 6.07) is 0. The van der Waals surface area contributed by atoms with Gasteiger partial charge in [-0.2, -0.15) is 0 Å². The van der Waals surface area contributed by atoms with Crippen LogP contribution < -0.4 is 5.73 Å². The zero-order valence-electron chi connectivity index (χ0n) is 4.62. The number of rotatable bonds is 2. The molecule has 3 N–H and O–H groups in total. The number of carbonyl (C=O) groups is 1. The van der Waals surface area contributed by atoms with Crippen molar-refractivity contribution >= 4 is 45.2 Å². The largest absolute Gasteiger partial charge is 0.389 e. The van der Waals surface area contributed by atoms with Gasteiger partial charge in [-0.15, -0.1) is 0 Å². The van der Waals surface area contributed by atoms with Gasteiger partial charge in [-0.3, -0.25) is 10.2 Å². The van der Waals surface area contributed by atoms with Gasteiger partial charge in [0.05, 0.1) is 0 Å². The monoisotopic (exact) mass is 200 g/mol.